The first-order valence-electron chi connectivity index (χ1n) is 16.6. The molecule has 1 fully saturated rings. The van der Waals surface area contributed by atoms with Crippen molar-refractivity contribution < 1.29 is 28.5 Å². The van der Waals surface area contributed by atoms with E-state index in [1.807, 2.05) is 78.0 Å². The van der Waals surface area contributed by atoms with Gasteiger partial charge in [0.25, 0.3) is 0 Å². The molecule has 0 aliphatic carbocycles. The molecule has 0 amide bonds. The van der Waals surface area contributed by atoms with Crippen LogP contribution in [0, 0.1) is 18.2 Å². The van der Waals surface area contributed by atoms with Crippen LogP contribution in [0.15, 0.2) is 54.6 Å². The van der Waals surface area contributed by atoms with Crippen molar-refractivity contribution in [1.29, 1.82) is 0 Å². The molecule has 0 unspecified atom stereocenters. The number of aliphatic carboxylic acids is 1. The van der Waals surface area contributed by atoms with Gasteiger partial charge in [-0.1, -0.05) is 44.2 Å². The summed E-state index contributed by atoms with van der Waals surface area (Å²) in [5.74, 6) is -0.597. The fraction of sp³-hybridized carbons (Fsp3) is 0.487. The molecule has 1 N–H and O–H groups in total. The number of anilines is 1. The second kappa shape index (κ2) is 15.4. The maximum Gasteiger partial charge on any atom is 0.337 e. The highest BCUT2D eigenvalue weighted by Crippen LogP contribution is 2.45. The average molecular weight is 647 g/mol. The first-order chi connectivity index (χ1) is 22.1. The van der Waals surface area contributed by atoms with Crippen molar-refractivity contribution in [3.05, 3.63) is 82.9 Å². The molecule has 1 aliphatic heterocycles. The lowest BCUT2D eigenvalue weighted by atomic mass is 9.81. The van der Waals surface area contributed by atoms with Crippen LogP contribution in [0.3, 0.4) is 0 Å². The molecule has 1 atom stereocenters. The fourth-order valence-electron chi connectivity index (χ4n) is 5.76. The Balaban J connectivity index is 1.82. The molecule has 2 aromatic carbocycles. The van der Waals surface area contributed by atoms with E-state index < -0.39 is 17.7 Å². The number of rotatable bonds is 13. The molecule has 1 aliphatic rings. The quantitative estimate of drug-likeness (QED) is 0.199. The summed E-state index contributed by atoms with van der Waals surface area (Å²) in [7, 11) is 0. The van der Waals surface area contributed by atoms with Gasteiger partial charge >= 0.3 is 5.97 Å². The van der Waals surface area contributed by atoms with Gasteiger partial charge in [0.1, 0.15) is 11.6 Å². The van der Waals surface area contributed by atoms with Gasteiger partial charge in [-0.05, 0) is 101 Å². The van der Waals surface area contributed by atoms with E-state index >= 15 is 0 Å². The maximum absolute atomic E-state index is 13.3. The van der Waals surface area contributed by atoms with E-state index in [1.54, 1.807) is 12.1 Å². The average Bonchev–Trinajstić information content (AvgIpc) is 2.99. The number of carboxylic acids is 1. The van der Waals surface area contributed by atoms with Crippen LogP contribution < -0.4 is 9.64 Å². The number of hydrogen-bond acceptors (Lipinski definition) is 6. The number of carbonyl (C=O) groups is 1. The number of ether oxygens (including phenoxy) is 3. The van der Waals surface area contributed by atoms with Gasteiger partial charge in [-0.25, -0.2) is 9.18 Å². The SMILES string of the molecule is Cc1nc(/C=C\COC(C)C)c(-c2ccc(OCCc3ccc(F)cc3)cc2)c(N2CCC(C)(C)CC2)c1[C@H](OC(C)(C)C)C(=O)O. The first-order valence-corrected chi connectivity index (χ1v) is 16.6. The molecule has 0 saturated carbocycles. The molecule has 7 nitrogen and oxygen atoms in total. The number of aromatic nitrogens is 1. The van der Waals surface area contributed by atoms with Crippen LogP contribution in [-0.4, -0.2) is 54.1 Å². The molecule has 2 heterocycles. The van der Waals surface area contributed by atoms with Gasteiger partial charge < -0.3 is 24.2 Å². The van der Waals surface area contributed by atoms with E-state index in [9.17, 15) is 14.3 Å². The van der Waals surface area contributed by atoms with E-state index in [4.69, 9.17) is 19.2 Å². The number of carboxylic acid groups (broad SMARTS) is 1. The zero-order chi connectivity index (χ0) is 34.4. The lowest BCUT2D eigenvalue weighted by Gasteiger charge is -2.41. The predicted octanol–water partition coefficient (Wildman–Crippen LogP) is 8.82. The Morgan fingerprint density at radius 3 is 2.28 bits per heavy atom. The van der Waals surface area contributed by atoms with Gasteiger partial charge in [0, 0.05) is 36.3 Å². The highest BCUT2D eigenvalue weighted by molar-refractivity contribution is 5.90. The minimum Gasteiger partial charge on any atom is -0.493 e. The summed E-state index contributed by atoms with van der Waals surface area (Å²) < 4.78 is 31.4. The molecule has 0 radical (unpaired) electrons. The normalized spacial score (nSPS) is 15.7. The van der Waals surface area contributed by atoms with E-state index in [-0.39, 0.29) is 17.3 Å². The van der Waals surface area contributed by atoms with Crippen molar-refractivity contribution >= 4 is 17.7 Å². The lowest BCUT2D eigenvalue weighted by Crippen LogP contribution is -2.39. The molecule has 8 heteroatoms. The van der Waals surface area contributed by atoms with Crippen molar-refractivity contribution in [3.8, 4) is 16.9 Å². The van der Waals surface area contributed by atoms with Crippen molar-refractivity contribution in [2.75, 3.05) is 31.2 Å². The number of benzene rings is 2. The maximum atomic E-state index is 13.3. The Kier molecular flexibility index (Phi) is 11.9. The predicted molar refractivity (Wildman–Crippen MR) is 187 cm³/mol. The molecule has 1 saturated heterocycles. The number of pyridine rings is 1. The summed E-state index contributed by atoms with van der Waals surface area (Å²) in [5, 5.41) is 10.6. The Morgan fingerprint density at radius 2 is 1.70 bits per heavy atom. The second-order valence-corrected chi connectivity index (χ2v) is 14.4. The first kappa shape index (κ1) is 36.1. The summed E-state index contributed by atoms with van der Waals surface area (Å²) in [6, 6.07) is 14.3. The number of nitrogens with zero attached hydrogens (tertiary/aromatic N) is 2. The van der Waals surface area contributed by atoms with Gasteiger partial charge in [0.05, 0.1) is 36.3 Å². The Hall–Kier alpha value is -3.75. The zero-order valence-electron chi connectivity index (χ0n) is 29.2. The van der Waals surface area contributed by atoms with Gasteiger partial charge in [-0.15, -0.1) is 0 Å². The standard InChI is InChI=1S/C39H51FN2O5/c1-26(2)45-24-9-10-32-34(29-13-17-31(18-14-29)46-25-19-28-11-15-30(40)16-12-28)35(42-22-20-39(7,8)21-23-42)33(27(3)41-32)36(37(43)44)47-38(4,5)6/h9-18,26,36H,19-25H2,1-8H3,(H,43,44)/b10-9-/t36-/m0/s1. The van der Waals surface area contributed by atoms with E-state index in [2.05, 4.69) is 18.7 Å². The zero-order valence-corrected chi connectivity index (χ0v) is 29.2. The van der Waals surface area contributed by atoms with Crippen LogP contribution in [0.5, 0.6) is 5.75 Å². The molecule has 0 spiro atoms. The monoisotopic (exact) mass is 646 g/mol. The third kappa shape index (κ3) is 10.1. The minimum absolute atomic E-state index is 0.0879. The number of hydrogen-bond donors (Lipinski definition) is 1. The van der Waals surface area contributed by atoms with E-state index in [1.165, 1.54) is 12.1 Å². The van der Waals surface area contributed by atoms with Crippen LogP contribution >= 0.6 is 0 Å². The number of piperidine rings is 1. The van der Waals surface area contributed by atoms with Gasteiger partial charge in [-0.3, -0.25) is 4.98 Å². The molecule has 47 heavy (non-hydrogen) atoms. The molecular weight excluding hydrogens is 595 g/mol. The Morgan fingerprint density at radius 1 is 1.06 bits per heavy atom. The lowest BCUT2D eigenvalue weighted by molar-refractivity contribution is -0.160. The Bertz CT molecular complexity index is 1510. The number of halogens is 1. The molecule has 4 rings (SSSR count). The Labute approximate surface area is 279 Å². The van der Waals surface area contributed by atoms with Crippen LogP contribution in [0.25, 0.3) is 17.2 Å². The molecule has 3 aromatic rings. The number of aryl methyl sites for hydroxylation is 1. The molecular formula is C39H51FN2O5. The molecule has 0 bridgehead atoms. The van der Waals surface area contributed by atoms with E-state index in [0.717, 1.165) is 54.0 Å². The third-order valence-electron chi connectivity index (χ3n) is 8.33. The summed E-state index contributed by atoms with van der Waals surface area (Å²) in [5.41, 5.74) is 5.03. The summed E-state index contributed by atoms with van der Waals surface area (Å²) in [6.07, 6.45) is 5.41. The largest absolute Gasteiger partial charge is 0.493 e. The second-order valence-electron chi connectivity index (χ2n) is 14.4. The van der Waals surface area contributed by atoms with Gasteiger partial charge in [-0.2, -0.15) is 0 Å². The highest BCUT2D eigenvalue weighted by Gasteiger charge is 2.36. The van der Waals surface area contributed by atoms with Gasteiger partial charge in [0.15, 0.2) is 6.10 Å². The molecule has 1 aromatic heterocycles. The summed E-state index contributed by atoms with van der Waals surface area (Å²) >= 11 is 0. The summed E-state index contributed by atoms with van der Waals surface area (Å²) in [4.78, 5) is 20.2. The van der Waals surface area contributed by atoms with Crippen LogP contribution in [0.2, 0.25) is 0 Å². The smallest absolute Gasteiger partial charge is 0.337 e. The fourth-order valence-corrected chi connectivity index (χ4v) is 5.76. The van der Waals surface area contributed by atoms with Crippen LogP contribution in [-0.2, 0) is 20.7 Å². The van der Waals surface area contributed by atoms with Crippen molar-refractivity contribution in [2.45, 2.75) is 92.5 Å². The van der Waals surface area contributed by atoms with Gasteiger partial charge in [0.2, 0.25) is 0 Å². The minimum atomic E-state index is -1.21. The van der Waals surface area contributed by atoms with Crippen LogP contribution in [0.1, 0.15) is 89.9 Å². The van der Waals surface area contributed by atoms with Crippen molar-refractivity contribution in [1.82, 2.24) is 4.98 Å². The highest BCUT2D eigenvalue weighted by atomic mass is 19.1. The summed E-state index contributed by atoms with van der Waals surface area (Å²) in [6.45, 7) is 18.5. The third-order valence-corrected chi connectivity index (χ3v) is 8.33. The topological polar surface area (TPSA) is 81.1 Å². The molecule has 254 valence electrons. The van der Waals surface area contributed by atoms with E-state index in [0.29, 0.717) is 36.6 Å². The van der Waals surface area contributed by atoms with Crippen molar-refractivity contribution in [3.63, 3.8) is 0 Å². The van der Waals surface area contributed by atoms with Crippen LogP contribution in [0.4, 0.5) is 10.1 Å². The van der Waals surface area contributed by atoms with Crippen molar-refractivity contribution in [2.24, 2.45) is 5.41 Å².